The number of sulfonamides is 1. The molecule has 38 heavy (non-hydrogen) atoms. The number of carbonyl (C=O) groups excluding carboxylic acids is 1. The van der Waals surface area contributed by atoms with E-state index in [0.717, 1.165) is 24.7 Å². The number of carbonyl (C=O) groups is 1. The van der Waals surface area contributed by atoms with Crippen LogP contribution in [0.3, 0.4) is 0 Å². The highest BCUT2D eigenvalue weighted by Gasteiger charge is 2.34. The van der Waals surface area contributed by atoms with Gasteiger partial charge in [0, 0.05) is 28.5 Å². The zero-order valence-corrected chi connectivity index (χ0v) is 23.5. The maximum Gasteiger partial charge on any atom is 0.255 e. The number of hydrogen-bond donors (Lipinski definition) is 2. The van der Waals surface area contributed by atoms with Crippen molar-refractivity contribution in [2.45, 2.75) is 25.4 Å². The van der Waals surface area contributed by atoms with Gasteiger partial charge in [-0.15, -0.1) is 0 Å². The number of amides is 1. The third-order valence-electron chi connectivity index (χ3n) is 6.46. The molecule has 11 heteroatoms. The molecule has 0 saturated heterocycles. The lowest BCUT2D eigenvalue weighted by atomic mass is 10.00. The quantitative estimate of drug-likeness (QED) is 0.246. The summed E-state index contributed by atoms with van der Waals surface area (Å²) in [5, 5.41) is 13.2. The third-order valence-corrected chi connectivity index (χ3v) is 8.99. The molecule has 2 N–H and O–H groups in total. The summed E-state index contributed by atoms with van der Waals surface area (Å²) in [6, 6.07) is 12.1. The van der Waals surface area contributed by atoms with Gasteiger partial charge in [0.15, 0.2) is 0 Å². The Morgan fingerprint density at radius 3 is 2.47 bits per heavy atom. The molecule has 1 amide bonds. The molecule has 0 aliphatic heterocycles. The van der Waals surface area contributed by atoms with E-state index in [0.29, 0.717) is 32.3 Å². The van der Waals surface area contributed by atoms with Gasteiger partial charge in [0.1, 0.15) is 17.2 Å². The van der Waals surface area contributed by atoms with Crippen LogP contribution >= 0.6 is 27.5 Å². The summed E-state index contributed by atoms with van der Waals surface area (Å²) in [6.45, 7) is -0.352. The highest BCUT2D eigenvalue weighted by atomic mass is 79.9. The van der Waals surface area contributed by atoms with Crippen LogP contribution in [0, 0.1) is 5.82 Å². The van der Waals surface area contributed by atoms with Gasteiger partial charge in [-0.05, 0) is 88.3 Å². The molecule has 0 unspecified atom stereocenters. The van der Waals surface area contributed by atoms with E-state index in [4.69, 9.17) is 16.0 Å². The number of rotatable bonds is 7. The molecule has 3 aromatic carbocycles. The second kappa shape index (κ2) is 10.00. The Bertz CT molecular complexity index is 1680. The highest BCUT2D eigenvalue weighted by molar-refractivity contribution is 9.10. The molecule has 1 heterocycles. The monoisotopic (exact) mass is 620 g/mol. The lowest BCUT2D eigenvalue weighted by molar-refractivity contribution is 0.0964. The molecule has 0 radical (unpaired) electrons. The van der Waals surface area contributed by atoms with Crippen LogP contribution in [0.15, 0.2) is 57.4 Å². The van der Waals surface area contributed by atoms with Crippen molar-refractivity contribution in [1.29, 1.82) is 0 Å². The zero-order valence-electron chi connectivity index (χ0n) is 20.4. The molecule has 1 saturated carbocycles. The fourth-order valence-corrected chi connectivity index (χ4v) is 6.16. The van der Waals surface area contributed by atoms with E-state index in [-0.39, 0.29) is 40.5 Å². The van der Waals surface area contributed by atoms with E-state index in [9.17, 15) is 22.7 Å². The Labute approximate surface area is 232 Å². The summed E-state index contributed by atoms with van der Waals surface area (Å²) < 4.78 is 47.8. The number of aliphatic hydroxyl groups excluding tert-OH is 1. The molecule has 0 bridgehead atoms. The first kappa shape index (κ1) is 26.7. The topological polar surface area (TPSA) is 99.8 Å². The normalized spacial score (nSPS) is 13.6. The number of nitrogens with zero attached hydrogens (tertiary/aromatic N) is 1. The lowest BCUT2D eigenvalue weighted by Crippen LogP contribution is -2.26. The van der Waals surface area contributed by atoms with Crippen LogP contribution in [0.4, 0.5) is 15.8 Å². The van der Waals surface area contributed by atoms with Crippen molar-refractivity contribution in [3.63, 3.8) is 0 Å². The van der Waals surface area contributed by atoms with E-state index in [1.54, 1.807) is 18.2 Å². The average Bonchev–Trinajstić information content (AvgIpc) is 3.65. The number of halogens is 3. The zero-order chi connectivity index (χ0) is 27.4. The number of fused-ring (bicyclic) bond motifs is 1. The molecule has 1 aliphatic rings. The predicted molar refractivity (Wildman–Crippen MR) is 149 cm³/mol. The predicted octanol–water partition coefficient (Wildman–Crippen LogP) is 6.48. The summed E-state index contributed by atoms with van der Waals surface area (Å²) >= 11 is 9.71. The molecule has 4 aromatic rings. The summed E-state index contributed by atoms with van der Waals surface area (Å²) in [6.07, 6.45) is 2.80. The average molecular weight is 622 g/mol. The largest absolute Gasteiger partial charge is 0.455 e. The number of benzene rings is 3. The molecule has 1 aliphatic carbocycles. The first-order valence-corrected chi connectivity index (χ1v) is 14.7. The summed E-state index contributed by atoms with van der Waals surface area (Å²) in [5.74, 6) is -0.476. The van der Waals surface area contributed by atoms with Gasteiger partial charge in [0.25, 0.3) is 5.91 Å². The number of aliphatic hydroxyl groups is 1. The Balaban J connectivity index is 1.81. The third kappa shape index (κ3) is 4.82. The van der Waals surface area contributed by atoms with Crippen LogP contribution in [0.2, 0.25) is 5.02 Å². The Morgan fingerprint density at radius 1 is 1.21 bits per heavy atom. The Hall–Kier alpha value is -2.92. The summed E-state index contributed by atoms with van der Waals surface area (Å²) in [4.78, 5) is 13.0. The summed E-state index contributed by atoms with van der Waals surface area (Å²) in [7, 11) is -2.38. The van der Waals surface area contributed by atoms with Gasteiger partial charge in [-0.1, -0.05) is 11.6 Å². The van der Waals surface area contributed by atoms with Crippen LogP contribution in [0.25, 0.3) is 22.3 Å². The van der Waals surface area contributed by atoms with Crippen molar-refractivity contribution in [2.24, 2.45) is 0 Å². The van der Waals surface area contributed by atoms with E-state index < -0.39 is 15.8 Å². The minimum atomic E-state index is -3.89. The van der Waals surface area contributed by atoms with Gasteiger partial charge in [-0.3, -0.25) is 4.79 Å². The summed E-state index contributed by atoms with van der Waals surface area (Å²) in [5.41, 5.74) is 2.86. The van der Waals surface area contributed by atoms with Gasteiger partial charge < -0.3 is 14.8 Å². The number of anilines is 2. The molecular formula is C27H23BrClFN2O5S. The van der Waals surface area contributed by atoms with Crippen LogP contribution in [0.5, 0.6) is 0 Å². The standard InChI is InChI=1S/C27H23BrClFN2O5S/c1-31-27(34)24-20-11-19(14-3-4-14)22(12-23(20)37-26(24)15-5-7-17(30)8-6-15)32(38(2,35)36)18-9-16(13-33)25(28)21(29)10-18/h5-12,14,33H,3-4,13H2,1-2H3,(H,31,34). The van der Waals surface area contributed by atoms with Crippen LogP contribution in [-0.4, -0.2) is 32.7 Å². The Kier molecular flexibility index (Phi) is 7.02. The minimum Gasteiger partial charge on any atom is -0.455 e. The molecule has 198 valence electrons. The molecular weight excluding hydrogens is 599 g/mol. The Morgan fingerprint density at radius 2 is 1.89 bits per heavy atom. The SMILES string of the molecule is CNC(=O)c1c(-c2ccc(F)cc2)oc2cc(N(c3cc(Cl)c(Br)c(CO)c3)S(C)(=O)=O)c(C3CC3)cc12. The smallest absolute Gasteiger partial charge is 0.255 e. The van der Waals surface area contributed by atoms with Gasteiger partial charge in [0.2, 0.25) is 10.0 Å². The highest BCUT2D eigenvalue weighted by Crippen LogP contribution is 2.49. The van der Waals surface area contributed by atoms with Crippen LogP contribution in [-0.2, 0) is 16.6 Å². The maximum absolute atomic E-state index is 13.6. The molecule has 1 fully saturated rings. The lowest BCUT2D eigenvalue weighted by Gasteiger charge is -2.26. The van der Waals surface area contributed by atoms with Gasteiger partial charge >= 0.3 is 0 Å². The van der Waals surface area contributed by atoms with Crippen molar-refractivity contribution < 1.29 is 27.1 Å². The molecule has 7 nitrogen and oxygen atoms in total. The number of nitrogens with one attached hydrogen (secondary N) is 1. The first-order valence-electron chi connectivity index (χ1n) is 11.7. The van der Waals surface area contributed by atoms with Crippen molar-refractivity contribution in [3.8, 4) is 11.3 Å². The van der Waals surface area contributed by atoms with Crippen molar-refractivity contribution in [3.05, 3.63) is 80.5 Å². The van der Waals surface area contributed by atoms with E-state index >= 15 is 0 Å². The van der Waals surface area contributed by atoms with E-state index in [1.165, 1.54) is 41.7 Å². The van der Waals surface area contributed by atoms with Crippen LogP contribution < -0.4 is 9.62 Å². The first-order chi connectivity index (χ1) is 18.0. The second-order valence-electron chi connectivity index (χ2n) is 9.16. The molecule has 1 aromatic heterocycles. The molecule has 5 rings (SSSR count). The van der Waals surface area contributed by atoms with Crippen LogP contribution in [0.1, 0.15) is 40.2 Å². The minimum absolute atomic E-state index is 0.0867. The van der Waals surface area contributed by atoms with Gasteiger partial charge in [-0.25, -0.2) is 17.1 Å². The number of hydrogen-bond acceptors (Lipinski definition) is 5. The molecule has 0 spiro atoms. The van der Waals surface area contributed by atoms with E-state index in [1.807, 2.05) is 0 Å². The van der Waals surface area contributed by atoms with Gasteiger partial charge in [0.05, 0.1) is 34.8 Å². The fraction of sp³-hybridized carbons (Fsp3) is 0.222. The second-order valence-corrected chi connectivity index (χ2v) is 12.2. The van der Waals surface area contributed by atoms with Gasteiger partial charge in [-0.2, -0.15) is 0 Å². The van der Waals surface area contributed by atoms with Crippen molar-refractivity contribution in [1.82, 2.24) is 5.32 Å². The van der Waals surface area contributed by atoms with Crippen molar-refractivity contribution in [2.75, 3.05) is 17.6 Å². The number of furan rings is 1. The molecule has 0 atom stereocenters. The fourth-order valence-electron chi connectivity index (χ4n) is 4.57. The maximum atomic E-state index is 13.6. The van der Waals surface area contributed by atoms with E-state index in [2.05, 4.69) is 21.2 Å². The van der Waals surface area contributed by atoms with Crippen molar-refractivity contribution >= 4 is 65.8 Å².